The maximum absolute atomic E-state index is 13.2. The Kier molecular flexibility index (Phi) is 7.19. The highest BCUT2D eigenvalue weighted by Crippen LogP contribution is 2.26. The fraction of sp³-hybridized carbons (Fsp3) is 0.348. The summed E-state index contributed by atoms with van der Waals surface area (Å²) in [6.45, 7) is 5.01. The van der Waals surface area contributed by atoms with Gasteiger partial charge in [-0.1, -0.05) is 30.3 Å². The number of esters is 1. The number of hydrogen-bond acceptors (Lipinski definition) is 5. The minimum absolute atomic E-state index is 0.0714. The molecule has 0 aromatic heterocycles. The van der Waals surface area contributed by atoms with Crippen molar-refractivity contribution in [2.24, 2.45) is 10.8 Å². The highest BCUT2D eigenvalue weighted by atomic mass is 16.5. The van der Waals surface area contributed by atoms with Gasteiger partial charge in [0.25, 0.3) is 5.91 Å². The molecule has 7 nitrogen and oxygen atoms in total. The van der Waals surface area contributed by atoms with Crippen LogP contribution in [0.3, 0.4) is 0 Å². The Balaban J connectivity index is 1.98. The molecule has 1 heterocycles. The summed E-state index contributed by atoms with van der Waals surface area (Å²) in [5.41, 5.74) is 2.32. The topological polar surface area (TPSA) is 88.2 Å². The van der Waals surface area contributed by atoms with Crippen molar-refractivity contribution in [3.63, 3.8) is 0 Å². The summed E-state index contributed by atoms with van der Waals surface area (Å²) in [6.07, 6.45) is 3.29. The quantitative estimate of drug-likeness (QED) is 0.204. The molecule has 2 N–H and O–H groups in total. The Morgan fingerprint density at radius 1 is 1.07 bits per heavy atom. The Labute approximate surface area is 177 Å². The first-order valence-corrected chi connectivity index (χ1v) is 10.2. The molecule has 1 saturated heterocycles. The number of likely N-dealkylation sites (tertiary alicyclic amines) is 1. The van der Waals surface area contributed by atoms with Gasteiger partial charge in [-0.15, -0.1) is 0 Å². The molecule has 1 fully saturated rings. The van der Waals surface area contributed by atoms with Crippen LogP contribution in [0.2, 0.25) is 0 Å². The number of carbonyl (C=O) groups is 2. The van der Waals surface area contributed by atoms with Gasteiger partial charge >= 0.3 is 5.97 Å². The summed E-state index contributed by atoms with van der Waals surface area (Å²) in [6, 6.07) is 14.6. The van der Waals surface area contributed by atoms with Crippen LogP contribution in [0.1, 0.15) is 42.1 Å². The van der Waals surface area contributed by atoms with Gasteiger partial charge in [0.2, 0.25) is 0 Å². The third-order valence-corrected chi connectivity index (χ3v) is 5.09. The van der Waals surface area contributed by atoms with Gasteiger partial charge in [-0.25, -0.2) is 15.8 Å². The van der Waals surface area contributed by atoms with E-state index >= 15 is 0 Å². The van der Waals surface area contributed by atoms with E-state index < -0.39 is 0 Å². The maximum atomic E-state index is 13.2. The Hall–Kier alpha value is -3.19. The van der Waals surface area contributed by atoms with Gasteiger partial charge < -0.3 is 9.64 Å². The number of hydrogen-bond donors (Lipinski definition) is 1. The van der Waals surface area contributed by atoms with Crippen LogP contribution in [-0.4, -0.2) is 42.3 Å². The average Bonchev–Trinajstić information content (AvgIpc) is 2.77. The fourth-order valence-electron chi connectivity index (χ4n) is 3.50. The van der Waals surface area contributed by atoms with Gasteiger partial charge in [-0.05, 0) is 49.9 Å². The molecule has 1 aliphatic heterocycles. The van der Waals surface area contributed by atoms with Crippen molar-refractivity contribution in [3.8, 4) is 0 Å². The third-order valence-electron chi connectivity index (χ3n) is 5.09. The maximum Gasteiger partial charge on any atom is 0.303 e. The van der Waals surface area contributed by atoms with E-state index in [1.807, 2.05) is 37.3 Å². The number of para-hydroxylation sites is 1. The number of piperidine rings is 1. The van der Waals surface area contributed by atoms with Crippen LogP contribution >= 0.6 is 0 Å². The smallest absolute Gasteiger partial charge is 0.303 e. The van der Waals surface area contributed by atoms with Crippen molar-refractivity contribution >= 4 is 29.1 Å². The Bertz CT molecular complexity index is 921. The van der Waals surface area contributed by atoms with E-state index in [0.29, 0.717) is 22.8 Å². The predicted molar refractivity (Wildman–Crippen MR) is 118 cm³/mol. The van der Waals surface area contributed by atoms with Gasteiger partial charge in [0.1, 0.15) is 12.4 Å². The number of nitrogens with two attached hydrogens (primary N) is 1. The molecule has 0 spiro atoms. The summed E-state index contributed by atoms with van der Waals surface area (Å²) >= 11 is 0. The lowest BCUT2D eigenvalue weighted by Crippen LogP contribution is -2.39. The summed E-state index contributed by atoms with van der Waals surface area (Å²) in [7, 11) is 0. The number of anilines is 1. The first-order valence-electron chi connectivity index (χ1n) is 10.2. The Morgan fingerprint density at radius 3 is 2.43 bits per heavy atom. The number of rotatable bonds is 5. The molecule has 3 rings (SSSR count). The van der Waals surface area contributed by atoms with Crippen molar-refractivity contribution in [2.75, 3.05) is 24.7 Å². The summed E-state index contributed by atoms with van der Waals surface area (Å²) in [4.78, 5) is 31.5. The van der Waals surface area contributed by atoms with Crippen LogP contribution in [-0.2, 0) is 9.53 Å². The summed E-state index contributed by atoms with van der Waals surface area (Å²) in [5.74, 6) is 6.07. The highest BCUT2D eigenvalue weighted by Gasteiger charge is 2.22. The number of amides is 1. The SMILES string of the molecule is CC(=O)OC/C(=N\c1cccc(C)c1C(=O)N(N)c1ccccc1)N1CCCCC1. The van der Waals surface area contributed by atoms with E-state index in [1.54, 1.807) is 18.2 Å². The molecule has 1 aliphatic rings. The largest absolute Gasteiger partial charge is 0.458 e. The van der Waals surface area contributed by atoms with Crippen LogP contribution in [0.15, 0.2) is 53.5 Å². The van der Waals surface area contributed by atoms with Crippen molar-refractivity contribution in [2.45, 2.75) is 33.1 Å². The molecule has 0 unspecified atom stereocenters. The molecule has 7 heteroatoms. The van der Waals surface area contributed by atoms with Gasteiger partial charge in [-0.3, -0.25) is 9.59 Å². The van der Waals surface area contributed by atoms with Crippen LogP contribution in [0.25, 0.3) is 0 Å². The monoisotopic (exact) mass is 408 g/mol. The molecule has 2 aromatic rings. The molecule has 0 radical (unpaired) electrons. The lowest BCUT2D eigenvalue weighted by atomic mass is 10.1. The molecule has 0 bridgehead atoms. The highest BCUT2D eigenvalue weighted by molar-refractivity contribution is 6.10. The van der Waals surface area contributed by atoms with Gasteiger partial charge in [-0.2, -0.15) is 0 Å². The molecule has 0 saturated carbocycles. The molecule has 1 amide bonds. The van der Waals surface area contributed by atoms with E-state index in [9.17, 15) is 9.59 Å². The number of benzene rings is 2. The molecule has 0 atom stereocenters. The van der Waals surface area contributed by atoms with Crippen molar-refractivity contribution in [1.29, 1.82) is 0 Å². The standard InChI is InChI=1S/C23H28N4O3/c1-17-10-9-13-20(22(17)23(29)27(24)19-11-5-3-6-12-19)25-21(16-30-18(2)28)26-14-7-4-8-15-26/h3,5-6,9-13H,4,7-8,14-16,24H2,1-2H3/b25-21+. The van der Waals surface area contributed by atoms with Gasteiger partial charge in [0.15, 0.2) is 0 Å². The molecular formula is C23H28N4O3. The third kappa shape index (κ3) is 5.24. The van der Waals surface area contributed by atoms with Crippen LogP contribution in [0, 0.1) is 6.92 Å². The van der Waals surface area contributed by atoms with Crippen LogP contribution in [0.5, 0.6) is 0 Å². The zero-order valence-electron chi connectivity index (χ0n) is 17.5. The predicted octanol–water partition coefficient (Wildman–Crippen LogP) is 3.59. The minimum Gasteiger partial charge on any atom is -0.458 e. The molecule has 0 aliphatic carbocycles. The zero-order valence-corrected chi connectivity index (χ0v) is 17.5. The van der Waals surface area contributed by atoms with Crippen LogP contribution < -0.4 is 10.9 Å². The number of aryl methyl sites for hydroxylation is 1. The van der Waals surface area contributed by atoms with Gasteiger partial charge in [0, 0.05) is 20.0 Å². The lowest BCUT2D eigenvalue weighted by molar-refractivity contribution is -0.139. The number of carbonyl (C=O) groups excluding carboxylic acids is 2. The number of hydrazine groups is 1. The van der Waals surface area contributed by atoms with Crippen molar-refractivity contribution in [3.05, 3.63) is 59.7 Å². The summed E-state index contributed by atoms with van der Waals surface area (Å²) in [5, 5.41) is 1.13. The van der Waals surface area contributed by atoms with E-state index in [1.165, 1.54) is 13.3 Å². The van der Waals surface area contributed by atoms with Gasteiger partial charge in [0.05, 0.1) is 16.9 Å². The summed E-state index contributed by atoms with van der Waals surface area (Å²) < 4.78 is 5.25. The van der Waals surface area contributed by atoms with Crippen LogP contribution in [0.4, 0.5) is 11.4 Å². The van der Waals surface area contributed by atoms with E-state index in [0.717, 1.165) is 36.5 Å². The fourth-order valence-corrected chi connectivity index (χ4v) is 3.50. The normalized spacial score (nSPS) is 14.4. The number of aliphatic imine (C=N–C) groups is 1. The second-order valence-corrected chi connectivity index (χ2v) is 7.34. The van der Waals surface area contributed by atoms with Crippen molar-refractivity contribution < 1.29 is 14.3 Å². The molecule has 158 valence electrons. The number of amidine groups is 1. The van der Waals surface area contributed by atoms with E-state index in [-0.39, 0.29) is 18.5 Å². The minimum atomic E-state index is -0.363. The second kappa shape index (κ2) is 10.0. The van der Waals surface area contributed by atoms with Crippen molar-refractivity contribution in [1.82, 2.24) is 4.90 Å². The first-order chi connectivity index (χ1) is 14.5. The zero-order chi connectivity index (χ0) is 21.5. The molecular weight excluding hydrogens is 380 g/mol. The van der Waals surface area contributed by atoms with E-state index in [2.05, 4.69) is 4.90 Å². The molecule has 30 heavy (non-hydrogen) atoms. The van der Waals surface area contributed by atoms with E-state index in [4.69, 9.17) is 15.6 Å². The second-order valence-electron chi connectivity index (χ2n) is 7.34. The Morgan fingerprint density at radius 2 is 1.77 bits per heavy atom. The number of nitrogens with zero attached hydrogens (tertiary/aromatic N) is 3. The molecule has 2 aromatic carbocycles. The number of ether oxygens (including phenoxy) is 1. The average molecular weight is 409 g/mol. The first kappa shape index (κ1) is 21.5. The lowest BCUT2D eigenvalue weighted by Gasteiger charge is -2.30.